The average molecular weight is 211 g/mol. The molecular formula is C11H21N3O. The Hall–Kier alpha value is -0.870. The third-order valence-corrected chi connectivity index (χ3v) is 2.48. The molecule has 1 aromatic heterocycles. The van der Waals surface area contributed by atoms with E-state index in [4.69, 9.17) is 5.11 Å². The van der Waals surface area contributed by atoms with Crippen molar-refractivity contribution >= 4 is 0 Å². The molecule has 1 aromatic rings. The second kappa shape index (κ2) is 7.43. The molecule has 0 spiro atoms. The van der Waals surface area contributed by atoms with E-state index in [1.807, 2.05) is 12.5 Å². The molecule has 1 rings (SSSR count). The number of aromatic nitrogens is 2. The number of aliphatic hydroxyl groups excluding tert-OH is 1. The number of hydrogen-bond acceptors (Lipinski definition) is 3. The molecule has 0 fully saturated rings. The van der Waals surface area contributed by atoms with Gasteiger partial charge in [0.05, 0.1) is 12.9 Å². The van der Waals surface area contributed by atoms with Crippen LogP contribution in [0.3, 0.4) is 0 Å². The second-order valence-electron chi connectivity index (χ2n) is 3.72. The quantitative estimate of drug-likeness (QED) is 0.697. The van der Waals surface area contributed by atoms with Crippen molar-refractivity contribution in [3.63, 3.8) is 0 Å². The number of hydrogen-bond donors (Lipinski definition) is 1. The fourth-order valence-corrected chi connectivity index (χ4v) is 1.53. The van der Waals surface area contributed by atoms with Gasteiger partial charge in [-0.3, -0.25) is 4.90 Å². The Balaban J connectivity index is 2.24. The zero-order valence-electron chi connectivity index (χ0n) is 9.47. The molecule has 0 aliphatic rings. The van der Waals surface area contributed by atoms with Crippen LogP contribution in [0.1, 0.15) is 19.8 Å². The summed E-state index contributed by atoms with van der Waals surface area (Å²) in [7, 11) is 0. The van der Waals surface area contributed by atoms with Crippen LogP contribution in [-0.4, -0.2) is 45.8 Å². The van der Waals surface area contributed by atoms with Crippen molar-refractivity contribution in [1.82, 2.24) is 14.5 Å². The minimum Gasteiger partial charge on any atom is -0.395 e. The van der Waals surface area contributed by atoms with E-state index in [-0.39, 0.29) is 6.61 Å². The predicted octanol–water partition coefficient (Wildman–Crippen LogP) is 0.977. The van der Waals surface area contributed by atoms with Crippen LogP contribution in [0.15, 0.2) is 18.7 Å². The van der Waals surface area contributed by atoms with Crippen molar-refractivity contribution in [3.05, 3.63) is 18.7 Å². The third kappa shape index (κ3) is 4.95. The van der Waals surface area contributed by atoms with Crippen molar-refractivity contribution in [2.45, 2.75) is 26.3 Å². The Labute approximate surface area is 91.5 Å². The summed E-state index contributed by atoms with van der Waals surface area (Å²) in [5.41, 5.74) is 0. The number of imidazole rings is 1. The summed E-state index contributed by atoms with van der Waals surface area (Å²) in [6.07, 6.45) is 7.99. The van der Waals surface area contributed by atoms with Gasteiger partial charge < -0.3 is 9.67 Å². The summed E-state index contributed by atoms with van der Waals surface area (Å²) in [6.45, 7) is 6.21. The highest BCUT2D eigenvalue weighted by molar-refractivity contribution is 4.74. The molecule has 0 atom stereocenters. The lowest BCUT2D eigenvalue weighted by Crippen LogP contribution is -2.31. The summed E-state index contributed by atoms with van der Waals surface area (Å²) in [5, 5.41) is 8.93. The molecule has 0 aliphatic carbocycles. The average Bonchev–Trinajstić information content (AvgIpc) is 2.75. The van der Waals surface area contributed by atoms with Gasteiger partial charge in [-0.15, -0.1) is 0 Å². The Bertz CT molecular complexity index is 236. The van der Waals surface area contributed by atoms with Gasteiger partial charge in [0.25, 0.3) is 0 Å². The van der Waals surface area contributed by atoms with Gasteiger partial charge in [-0.2, -0.15) is 0 Å². The zero-order valence-corrected chi connectivity index (χ0v) is 9.47. The van der Waals surface area contributed by atoms with Gasteiger partial charge in [-0.05, 0) is 13.0 Å². The lowest BCUT2D eigenvalue weighted by Gasteiger charge is -2.20. The fourth-order valence-electron chi connectivity index (χ4n) is 1.53. The Kier molecular flexibility index (Phi) is 6.04. The summed E-state index contributed by atoms with van der Waals surface area (Å²) in [4.78, 5) is 6.30. The van der Waals surface area contributed by atoms with E-state index in [0.717, 1.165) is 26.2 Å². The SMILES string of the molecule is CCCCN(CCO)CCn1ccnc1. The first-order valence-electron chi connectivity index (χ1n) is 5.65. The van der Waals surface area contributed by atoms with Crippen molar-refractivity contribution in [1.29, 1.82) is 0 Å². The van der Waals surface area contributed by atoms with E-state index in [9.17, 15) is 0 Å². The highest BCUT2D eigenvalue weighted by Gasteiger charge is 2.03. The standard InChI is InChI=1S/C11H21N3O/c1-2-3-5-13(9-10-15)7-8-14-6-4-12-11-14/h4,6,11,15H,2-3,5,7-10H2,1H3. The van der Waals surface area contributed by atoms with Crippen LogP contribution in [0.25, 0.3) is 0 Å². The molecule has 4 nitrogen and oxygen atoms in total. The molecule has 0 aromatic carbocycles. The van der Waals surface area contributed by atoms with E-state index >= 15 is 0 Å². The van der Waals surface area contributed by atoms with Crippen LogP contribution in [0.2, 0.25) is 0 Å². The molecule has 0 aliphatic heterocycles. The van der Waals surface area contributed by atoms with Gasteiger partial charge in [-0.1, -0.05) is 13.3 Å². The Morgan fingerprint density at radius 2 is 2.20 bits per heavy atom. The highest BCUT2D eigenvalue weighted by Crippen LogP contribution is 1.96. The molecule has 0 bridgehead atoms. The van der Waals surface area contributed by atoms with Gasteiger partial charge in [0.2, 0.25) is 0 Å². The maximum atomic E-state index is 8.93. The summed E-state index contributed by atoms with van der Waals surface area (Å²) < 4.78 is 2.07. The molecular weight excluding hydrogens is 190 g/mol. The minimum absolute atomic E-state index is 0.244. The number of rotatable bonds is 8. The van der Waals surface area contributed by atoms with Crippen molar-refractivity contribution in [2.24, 2.45) is 0 Å². The molecule has 86 valence electrons. The number of unbranched alkanes of at least 4 members (excludes halogenated alkanes) is 1. The third-order valence-electron chi connectivity index (χ3n) is 2.48. The van der Waals surface area contributed by atoms with Crippen LogP contribution in [0.4, 0.5) is 0 Å². The second-order valence-corrected chi connectivity index (χ2v) is 3.72. The van der Waals surface area contributed by atoms with E-state index in [1.54, 1.807) is 6.20 Å². The molecule has 1 heterocycles. The molecule has 1 N–H and O–H groups in total. The fraction of sp³-hybridized carbons (Fsp3) is 0.727. The lowest BCUT2D eigenvalue weighted by atomic mass is 10.3. The first kappa shape index (κ1) is 12.2. The smallest absolute Gasteiger partial charge is 0.0946 e. The van der Waals surface area contributed by atoms with Crippen LogP contribution in [-0.2, 0) is 6.54 Å². The van der Waals surface area contributed by atoms with Gasteiger partial charge in [0.15, 0.2) is 0 Å². The minimum atomic E-state index is 0.244. The predicted molar refractivity (Wildman–Crippen MR) is 60.7 cm³/mol. The zero-order chi connectivity index (χ0) is 10.9. The molecule has 0 radical (unpaired) electrons. The van der Waals surface area contributed by atoms with Crippen molar-refractivity contribution in [3.8, 4) is 0 Å². The molecule has 0 saturated heterocycles. The van der Waals surface area contributed by atoms with Crippen LogP contribution in [0, 0.1) is 0 Å². The summed E-state index contributed by atoms with van der Waals surface area (Å²) >= 11 is 0. The topological polar surface area (TPSA) is 41.3 Å². The van der Waals surface area contributed by atoms with E-state index in [0.29, 0.717) is 0 Å². The van der Waals surface area contributed by atoms with Crippen LogP contribution < -0.4 is 0 Å². The number of nitrogens with zero attached hydrogens (tertiary/aromatic N) is 3. The van der Waals surface area contributed by atoms with Crippen molar-refractivity contribution < 1.29 is 5.11 Å². The summed E-state index contributed by atoms with van der Waals surface area (Å²) in [5.74, 6) is 0. The maximum absolute atomic E-state index is 8.93. The first-order valence-corrected chi connectivity index (χ1v) is 5.65. The molecule has 0 amide bonds. The maximum Gasteiger partial charge on any atom is 0.0946 e. The molecule has 4 heteroatoms. The molecule has 15 heavy (non-hydrogen) atoms. The summed E-state index contributed by atoms with van der Waals surface area (Å²) in [6, 6.07) is 0. The van der Waals surface area contributed by atoms with Gasteiger partial charge >= 0.3 is 0 Å². The molecule has 0 unspecified atom stereocenters. The number of aliphatic hydroxyl groups is 1. The monoisotopic (exact) mass is 211 g/mol. The van der Waals surface area contributed by atoms with Crippen LogP contribution >= 0.6 is 0 Å². The lowest BCUT2D eigenvalue weighted by molar-refractivity contribution is 0.189. The Morgan fingerprint density at radius 1 is 1.33 bits per heavy atom. The van der Waals surface area contributed by atoms with Gasteiger partial charge in [0, 0.05) is 32.0 Å². The van der Waals surface area contributed by atoms with Gasteiger partial charge in [0.1, 0.15) is 0 Å². The van der Waals surface area contributed by atoms with Gasteiger partial charge in [-0.25, -0.2) is 4.98 Å². The Morgan fingerprint density at radius 3 is 2.80 bits per heavy atom. The largest absolute Gasteiger partial charge is 0.395 e. The highest BCUT2D eigenvalue weighted by atomic mass is 16.3. The van der Waals surface area contributed by atoms with Crippen LogP contribution in [0.5, 0.6) is 0 Å². The van der Waals surface area contributed by atoms with Crippen molar-refractivity contribution in [2.75, 3.05) is 26.2 Å². The normalized spacial score (nSPS) is 11.1. The molecule has 0 saturated carbocycles. The van der Waals surface area contributed by atoms with E-state index < -0.39 is 0 Å². The van der Waals surface area contributed by atoms with E-state index in [2.05, 4.69) is 21.4 Å². The van der Waals surface area contributed by atoms with E-state index in [1.165, 1.54) is 12.8 Å². The first-order chi connectivity index (χ1) is 7.36.